The van der Waals surface area contributed by atoms with E-state index < -0.39 is 17.3 Å². The summed E-state index contributed by atoms with van der Waals surface area (Å²) in [5.74, 6) is 0.530. The minimum absolute atomic E-state index is 0.0782. The smallest absolute Gasteiger partial charge is 0.416 e. The number of carbonyl (C=O) groups excluding carboxylic acids is 1. The second kappa shape index (κ2) is 10.6. The van der Waals surface area contributed by atoms with Gasteiger partial charge in [-0.15, -0.1) is 0 Å². The molecule has 0 N–H and O–H groups in total. The lowest BCUT2D eigenvalue weighted by molar-refractivity contribution is -0.177. The number of ether oxygens (including phenoxy) is 2. The molecular weight excluding hydrogens is 524 g/mol. The topological polar surface area (TPSA) is 42.0 Å². The molecule has 216 valence electrons. The lowest BCUT2D eigenvalue weighted by atomic mass is 9.83. The number of hydrogen-bond acceptors (Lipinski definition) is 4. The number of amides is 1. The normalized spacial score (nSPS) is 26.4. The second-order valence-electron chi connectivity index (χ2n) is 11.8. The van der Waals surface area contributed by atoms with Gasteiger partial charge in [-0.3, -0.25) is 9.69 Å². The summed E-state index contributed by atoms with van der Waals surface area (Å²) in [4.78, 5) is 18.2. The Morgan fingerprint density at radius 3 is 2.35 bits per heavy atom. The molecule has 0 aromatic heterocycles. The molecule has 2 aromatic carbocycles. The van der Waals surface area contributed by atoms with E-state index in [2.05, 4.69) is 4.90 Å². The number of nitrogens with zero attached hydrogens (tertiary/aromatic N) is 2. The predicted molar refractivity (Wildman–Crippen MR) is 141 cm³/mol. The summed E-state index contributed by atoms with van der Waals surface area (Å²) < 4.78 is 65.7. The van der Waals surface area contributed by atoms with Crippen LogP contribution in [0.2, 0.25) is 0 Å². The highest BCUT2D eigenvalue weighted by Crippen LogP contribution is 2.49. The molecule has 3 heterocycles. The van der Waals surface area contributed by atoms with E-state index in [0.717, 1.165) is 62.9 Å². The van der Waals surface area contributed by atoms with Gasteiger partial charge < -0.3 is 14.4 Å². The van der Waals surface area contributed by atoms with Crippen molar-refractivity contribution >= 4 is 5.91 Å². The fourth-order valence-corrected chi connectivity index (χ4v) is 7.06. The van der Waals surface area contributed by atoms with Crippen molar-refractivity contribution in [1.82, 2.24) is 9.80 Å². The molecule has 3 aliphatic heterocycles. The minimum atomic E-state index is -4.49. The van der Waals surface area contributed by atoms with Crippen LogP contribution in [0.15, 0.2) is 36.4 Å². The Bertz CT molecular complexity index is 1230. The third kappa shape index (κ3) is 5.22. The lowest BCUT2D eigenvalue weighted by Gasteiger charge is -2.46. The van der Waals surface area contributed by atoms with E-state index in [1.165, 1.54) is 24.8 Å². The zero-order chi connectivity index (χ0) is 28.1. The van der Waals surface area contributed by atoms with Gasteiger partial charge in [0.2, 0.25) is 0 Å². The summed E-state index contributed by atoms with van der Waals surface area (Å²) in [7, 11) is 1.38. The first-order valence-corrected chi connectivity index (χ1v) is 14.4. The summed E-state index contributed by atoms with van der Waals surface area (Å²) in [6, 6.07) is 9.27. The molecule has 2 atom stereocenters. The van der Waals surface area contributed by atoms with Gasteiger partial charge in [0.05, 0.1) is 19.3 Å². The van der Waals surface area contributed by atoms with Crippen LogP contribution in [-0.2, 0) is 28.7 Å². The average Bonchev–Trinajstić information content (AvgIpc) is 3.82. The van der Waals surface area contributed by atoms with Crippen molar-refractivity contribution in [3.63, 3.8) is 0 Å². The Hall–Kier alpha value is -2.65. The predicted octanol–water partition coefficient (Wildman–Crippen LogP) is 5.95. The van der Waals surface area contributed by atoms with Gasteiger partial charge in [0.1, 0.15) is 17.2 Å². The van der Waals surface area contributed by atoms with E-state index in [1.807, 2.05) is 12.1 Å². The molecule has 2 saturated heterocycles. The molecule has 1 aliphatic carbocycles. The molecule has 40 heavy (non-hydrogen) atoms. The molecule has 2 aromatic rings. The zero-order valence-electron chi connectivity index (χ0n) is 22.8. The molecule has 6 rings (SSSR count). The number of benzene rings is 2. The van der Waals surface area contributed by atoms with Crippen LogP contribution in [0, 0.1) is 11.7 Å². The summed E-state index contributed by atoms with van der Waals surface area (Å²) >= 11 is 0. The van der Waals surface area contributed by atoms with Crippen LogP contribution in [0.4, 0.5) is 17.6 Å². The molecule has 0 radical (unpaired) electrons. The van der Waals surface area contributed by atoms with Crippen LogP contribution >= 0.6 is 0 Å². The molecule has 3 fully saturated rings. The highest BCUT2D eigenvalue weighted by Gasteiger charge is 2.56. The van der Waals surface area contributed by atoms with Crippen LogP contribution in [0.25, 0.3) is 0 Å². The Morgan fingerprint density at radius 1 is 1.02 bits per heavy atom. The van der Waals surface area contributed by atoms with E-state index in [0.29, 0.717) is 37.5 Å². The van der Waals surface area contributed by atoms with Crippen molar-refractivity contribution < 1.29 is 31.8 Å². The maximum absolute atomic E-state index is 14.0. The Morgan fingerprint density at radius 2 is 1.75 bits per heavy atom. The third-order valence-electron chi connectivity index (χ3n) is 9.50. The first-order valence-electron chi connectivity index (χ1n) is 14.4. The number of methoxy groups -OCH3 is 1. The monoisotopic (exact) mass is 560 g/mol. The zero-order valence-corrected chi connectivity index (χ0v) is 22.8. The van der Waals surface area contributed by atoms with Gasteiger partial charge in [0, 0.05) is 24.7 Å². The van der Waals surface area contributed by atoms with Gasteiger partial charge in [0.25, 0.3) is 5.91 Å². The summed E-state index contributed by atoms with van der Waals surface area (Å²) in [6.45, 7) is 2.93. The Kier molecular flexibility index (Phi) is 7.32. The Labute approximate surface area is 232 Å². The molecule has 0 spiro atoms. The highest BCUT2D eigenvalue weighted by molar-refractivity contribution is 5.86. The standard InChI is InChI=1S/C31H36F4N2O3/c1-39-28-17-24(31(33,34)35)16-22-18-37(15-11-27(22)28)29(38)30(23-4-5-23)12-8-26(19-40-30)36-13-9-21(10-14-36)20-2-6-25(32)7-3-20/h2-3,6-7,16-17,21,23,26H,4-5,8-15,18-19H2,1H3/t26-,30+/m1/s1. The van der Waals surface area contributed by atoms with Crippen molar-refractivity contribution in [2.24, 2.45) is 5.92 Å². The molecule has 0 unspecified atom stereocenters. The number of hydrogen-bond donors (Lipinski definition) is 0. The highest BCUT2D eigenvalue weighted by atomic mass is 19.4. The number of fused-ring (bicyclic) bond motifs is 1. The summed E-state index contributed by atoms with van der Waals surface area (Å²) in [5, 5.41) is 0. The third-order valence-corrected chi connectivity index (χ3v) is 9.50. The number of carbonyl (C=O) groups is 1. The van der Waals surface area contributed by atoms with Crippen LogP contribution in [0.1, 0.15) is 66.7 Å². The van der Waals surface area contributed by atoms with E-state index in [1.54, 1.807) is 4.90 Å². The van der Waals surface area contributed by atoms with E-state index in [-0.39, 0.29) is 36.0 Å². The summed E-state index contributed by atoms with van der Waals surface area (Å²) in [5.41, 5.74) is 0.784. The van der Waals surface area contributed by atoms with E-state index in [4.69, 9.17) is 9.47 Å². The van der Waals surface area contributed by atoms with Crippen LogP contribution in [-0.4, -0.2) is 60.7 Å². The van der Waals surface area contributed by atoms with Crippen LogP contribution in [0.3, 0.4) is 0 Å². The fourth-order valence-electron chi connectivity index (χ4n) is 7.06. The Balaban J connectivity index is 1.11. The SMILES string of the molecule is COc1cc(C(F)(F)F)cc2c1CCN(C(=O)[C@@]1(C3CC3)CC[C@@H](N3CCC(c4ccc(F)cc4)CC3)CO1)C2. The molecular formula is C31H36F4N2O3. The van der Waals surface area contributed by atoms with Crippen molar-refractivity contribution in [2.45, 2.75) is 75.2 Å². The van der Waals surface area contributed by atoms with Crippen molar-refractivity contribution in [2.75, 3.05) is 33.4 Å². The number of alkyl halides is 3. The van der Waals surface area contributed by atoms with Crippen LogP contribution < -0.4 is 4.74 Å². The maximum Gasteiger partial charge on any atom is 0.416 e. The maximum atomic E-state index is 14.0. The number of piperidine rings is 1. The molecule has 1 saturated carbocycles. The van der Waals surface area contributed by atoms with E-state index >= 15 is 0 Å². The average molecular weight is 561 g/mol. The van der Waals surface area contributed by atoms with Crippen molar-refractivity contribution in [3.8, 4) is 5.75 Å². The molecule has 5 nitrogen and oxygen atoms in total. The molecule has 0 bridgehead atoms. The quantitative estimate of drug-likeness (QED) is 0.425. The minimum Gasteiger partial charge on any atom is -0.496 e. The van der Waals surface area contributed by atoms with Gasteiger partial charge in [-0.05, 0) is 105 Å². The van der Waals surface area contributed by atoms with Crippen LogP contribution in [0.5, 0.6) is 5.75 Å². The number of likely N-dealkylation sites (tertiary alicyclic amines) is 1. The van der Waals surface area contributed by atoms with Gasteiger partial charge in [-0.2, -0.15) is 13.2 Å². The fraction of sp³-hybridized carbons (Fsp3) is 0.581. The number of rotatable bonds is 5. The van der Waals surface area contributed by atoms with Gasteiger partial charge in [-0.1, -0.05) is 12.1 Å². The first-order chi connectivity index (χ1) is 19.2. The van der Waals surface area contributed by atoms with E-state index in [9.17, 15) is 22.4 Å². The number of halogens is 4. The molecule has 4 aliphatic rings. The molecule has 1 amide bonds. The van der Waals surface area contributed by atoms with Crippen molar-refractivity contribution in [1.29, 1.82) is 0 Å². The largest absolute Gasteiger partial charge is 0.496 e. The molecule has 9 heteroatoms. The van der Waals surface area contributed by atoms with Gasteiger partial charge >= 0.3 is 6.18 Å². The second-order valence-corrected chi connectivity index (χ2v) is 11.8. The first kappa shape index (κ1) is 27.5. The van der Waals surface area contributed by atoms with Gasteiger partial charge in [0.15, 0.2) is 0 Å². The van der Waals surface area contributed by atoms with Gasteiger partial charge in [-0.25, -0.2) is 4.39 Å². The van der Waals surface area contributed by atoms with Crippen molar-refractivity contribution in [3.05, 3.63) is 64.5 Å². The summed E-state index contributed by atoms with van der Waals surface area (Å²) in [6.07, 6.45) is 1.35. The lowest BCUT2D eigenvalue weighted by Crippen LogP contribution is -2.58.